The first-order valence-electron chi connectivity index (χ1n) is 5.84. The van der Waals surface area contributed by atoms with Gasteiger partial charge in [0.25, 0.3) is 0 Å². The van der Waals surface area contributed by atoms with Gasteiger partial charge in [0.2, 0.25) is 5.88 Å². The van der Waals surface area contributed by atoms with Crippen molar-refractivity contribution in [3.05, 3.63) is 23.9 Å². The molecule has 0 bridgehead atoms. The quantitative estimate of drug-likeness (QED) is 0.762. The van der Waals surface area contributed by atoms with Gasteiger partial charge in [-0.05, 0) is 17.9 Å². The molecule has 0 aliphatic carbocycles. The molecule has 17 heavy (non-hydrogen) atoms. The maximum atomic E-state index is 5.76. The molecule has 0 aromatic carbocycles. The molecule has 0 fully saturated rings. The lowest BCUT2D eigenvalue weighted by Crippen LogP contribution is -2.29. The highest BCUT2D eigenvalue weighted by atomic mass is 35.5. The molecule has 1 aromatic rings. The Kier molecular flexibility index (Phi) is 5.72. The molecular formula is C13H21ClN2O. The van der Waals surface area contributed by atoms with Gasteiger partial charge in [-0.25, -0.2) is 4.98 Å². The molecule has 4 heteroatoms. The standard InChI is InChI=1S/C13H21ClN2O/c1-13(2,7-8-14)10-15-9-11-5-4-6-12(16-11)17-3/h4-6,15H,7-10H2,1-3H3. The third kappa shape index (κ3) is 5.37. The van der Waals surface area contributed by atoms with Gasteiger partial charge in [0.05, 0.1) is 12.8 Å². The second-order valence-corrected chi connectivity index (χ2v) is 5.26. The average Bonchev–Trinajstić information content (AvgIpc) is 2.29. The number of nitrogens with one attached hydrogen (secondary N) is 1. The molecule has 0 amide bonds. The number of pyridine rings is 1. The van der Waals surface area contributed by atoms with Gasteiger partial charge in [-0.2, -0.15) is 0 Å². The zero-order chi connectivity index (χ0) is 12.7. The second-order valence-electron chi connectivity index (χ2n) is 4.88. The molecule has 0 atom stereocenters. The summed E-state index contributed by atoms with van der Waals surface area (Å²) in [5, 5.41) is 3.40. The van der Waals surface area contributed by atoms with Gasteiger partial charge >= 0.3 is 0 Å². The van der Waals surface area contributed by atoms with E-state index < -0.39 is 0 Å². The lowest BCUT2D eigenvalue weighted by atomic mass is 9.90. The van der Waals surface area contributed by atoms with Gasteiger partial charge in [-0.3, -0.25) is 0 Å². The van der Waals surface area contributed by atoms with Crippen molar-refractivity contribution in [2.24, 2.45) is 5.41 Å². The predicted octanol–water partition coefficient (Wildman–Crippen LogP) is 2.83. The normalized spacial score (nSPS) is 11.5. The summed E-state index contributed by atoms with van der Waals surface area (Å²) in [7, 11) is 1.63. The molecule has 1 rings (SSSR count). The van der Waals surface area contributed by atoms with Crippen LogP contribution in [0.25, 0.3) is 0 Å². The lowest BCUT2D eigenvalue weighted by molar-refractivity contribution is 0.328. The number of hydrogen-bond acceptors (Lipinski definition) is 3. The van der Waals surface area contributed by atoms with E-state index in [0.29, 0.717) is 11.8 Å². The van der Waals surface area contributed by atoms with Crippen LogP contribution >= 0.6 is 11.6 Å². The number of hydrogen-bond donors (Lipinski definition) is 1. The summed E-state index contributed by atoms with van der Waals surface area (Å²) in [6.45, 7) is 6.10. The van der Waals surface area contributed by atoms with Crippen LogP contribution in [-0.4, -0.2) is 24.5 Å². The van der Waals surface area contributed by atoms with Crippen molar-refractivity contribution in [2.75, 3.05) is 19.5 Å². The number of halogens is 1. The molecule has 3 nitrogen and oxygen atoms in total. The van der Waals surface area contributed by atoms with Crippen LogP contribution < -0.4 is 10.1 Å². The number of alkyl halides is 1. The fraction of sp³-hybridized carbons (Fsp3) is 0.615. The van der Waals surface area contributed by atoms with Crippen molar-refractivity contribution in [1.29, 1.82) is 0 Å². The predicted molar refractivity (Wildman–Crippen MR) is 71.6 cm³/mol. The Bertz CT molecular complexity index is 342. The van der Waals surface area contributed by atoms with Crippen molar-refractivity contribution in [3.63, 3.8) is 0 Å². The topological polar surface area (TPSA) is 34.1 Å². The zero-order valence-corrected chi connectivity index (χ0v) is 11.5. The molecule has 1 heterocycles. The van der Waals surface area contributed by atoms with Crippen LogP contribution in [0.5, 0.6) is 5.88 Å². The van der Waals surface area contributed by atoms with Crippen LogP contribution in [0.15, 0.2) is 18.2 Å². The molecule has 0 unspecified atom stereocenters. The number of aromatic nitrogens is 1. The van der Waals surface area contributed by atoms with E-state index in [0.717, 1.165) is 25.2 Å². The maximum Gasteiger partial charge on any atom is 0.213 e. The van der Waals surface area contributed by atoms with Gasteiger partial charge in [0.1, 0.15) is 0 Å². The third-order valence-corrected chi connectivity index (χ3v) is 2.86. The zero-order valence-electron chi connectivity index (χ0n) is 10.8. The van der Waals surface area contributed by atoms with Crippen LogP contribution in [0, 0.1) is 5.41 Å². The number of ether oxygens (including phenoxy) is 1. The molecular weight excluding hydrogens is 236 g/mol. The second kappa shape index (κ2) is 6.82. The van der Waals surface area contributed by atoms with Crippen molar-refractivity contribution in [3.8, 4) is 5.88 Å². The summed E-state index contributed by atoms with van der Waals surface area (Å²) >= 11 is 5.76. The Labute approximate surface area is 109 Å². The van der Waals surface area contributed by atoms with E-state index >= 15 is 0 Å². The first kappa shape index (κ1) is 14.3. The third-order valence-electron chi connectivity index (χ3n) is 2.67. The van der Waals surface area contributed by atoms with Gasteiger partial charge in [0.15, 0.2) is 0 Å². The smallest absolute Gasteiger partial charge is 0.213 e. The highest BCUT2D eigenvalue weighted by Gasteiger charge is 2.16. The van der Waals surface area contributed by atoms with E-state index in [9.17, 15) is 0 Å². The average molecular weight is 257 g/mol. The van der Waals surface area contributed by atoms with E-state index in [1.165, 1.54) is 0 Å². The van der Waals surface area contributed by atoms with Crippen molar-refractivity contribution in [2.45, 2.75) is 26.8 Å². The first-order valence-corrected chi connectivity index (χ1v) is 6.37. The minimum atomic E-state index is 0.223. The van der Waals surface area contributed by atoms with Crippen LogP contribution in [0.1, 0.15) is 26.0 Å². The summed E-state index contributed by atoms with van der Waals surface area (Å²) < 4.78 is 5.08. The monoisotopic (exact) mass is 256 g/mol. The molecule has 0 aliphatic heterocycles. The summed E-state index contributed by atoms with van der Waals surface area (Å²) in [5.74, 6) is 1.36. The fourth-order valence-corrected chi connectivity index (χ4v) is 2.05. The summed E-state index contributed by atoms with van der Waals surface area (Å²) in [6.07, 6.45) is 1.01. The Balaban J connectivity index is 2.40. The minimum Gasteiger partial charge on any atom is -0.481 e. The van der Waals surface area contributed by atoms with Gasteiger partial charge < -0.3 is 10.1 Å². The summed E-state index contributed by atoms with van der Waals surface area (Å²) in [6, 6.07) is 5.79. The number of nitrogens with zero attached hydrogens (tertiary/aromatic N) is 1. The molecule has 96 valence electrons. The highest BCUT2D eigenvalue weighted by molar-refractivity contribution is 6.17. The summed E-state index contributed by atoms with van der Waals surface area (Å²) in [4.78, 5) is 4.35. The van der Waals surface area contributed by atoms with Gasteiger partial charge in [0, 0.05) is 25.0 Å². The molecule has 1 aromatic heterocycles. The molecule has 0 saturated carbocycles. The van der Waals surface area contributed by atoms with E-state index in [1.807, 2.05) is 18.2 Å². The van der Waals surface area contributed by atoms with Crippen molar-refractivity contribution < 1.29 is 4.74 Å². The van der Waals surface area contributed by atoms with E-state index in [4.69, 9.17) is 16.3 Å². The Morgan fingerprint density at radius 1 is 1.41 bits per heavy atom. The van der Waals surface area contributed by atoms with Gasteiger partial charge in [-0.1, -0.05) is 19.9 Å². The van der Waals surface area contributed by atoms with Crippen molar-refractivity contribution in [1.82, 2.24) is 10.3 Å². The molecule has 0 saturated heterocycles. The Morgan fingerprint density at radius 3 is 2.82 bits per heavy atom. The number of rotatable bonds is 7. The van der Waals surface area contributed by atoms with Crippen LogP contribution in [0.3, 0.4) is 0 Å². The minimum absolute atomic E-state index is 0.223. The molecule has 1 N–H and O–H groups in total. The fourth-order valence-electron chi connectivity index (χ4n) is 1.54. The van der Waals surface area contributed by atoms with E-state index in [2.05, 4.69) is 24.1 Å². The lowest BCUT2D eigenvalue weighted by Gasteiger charge is -2.23. The molecule has 0 aliphatic rings. The van der Waals surface area contributed by atoms with E-state index in [1.54, 1.807) is 7.11 Å². The van der Waals surface area contributed by atoms with Crippen LogP contribution in [-0.2, 0) is 6.54 Å². The van der Waals surface area contributed by atoms with Gasteiger partial charge in [-0.15, -0.1) is 11.6 Å². The van der Waals surface area contributed by atoms with E-state index in [-0.39, 0.29) is 5.41 Å². The molecule has 0 spiro atoms. The SMILES string of the molecule is COc1cccc(CNCC(C)(C)CCCl)n1. The van der Waals surface area contributed by atoms with Crippen LogP contribution in [0.4, 0.5) is 0 Å². The maximum absolute atomic E-state index is 5.76. The molecule has 0 radical (unpaired) electrons. The number of methoxy groups -OCH3 is 1. The summed E-state index contributed by atoms with van der Waals surface area (Å²) in [5.41, 5.74) is 1.21. The van der Waals surface area contributed by atoms with Crippen LogP contribution in [0.2, 0.25) is 0 Å². The highest BCUT2D eigenvalue weighted by Crippen LogP contribution is 2.19. The largest absolute Gasteiger partial charge is 0.481 e. The first-order chi connectivity index (χ1) is 8.07. The Hall–Kier alpha value is -0.800. The van der Waals surface area contributed by atoms with Crippen molar-refractivity contribution >= 4 is 11.6 Å². The Morgan fingerprint density at radius 2 is 2.18 bits per heavy atom.